The number of H-pyrrole nitrogens is 1. The molecule has 120 heavy (non-hydrogen) atoms. The molecule has 0 saturated carbocycles. The number of pyridine rings is 1. The first-order valence-corrected chi connectivity index (χ1v) is 37.7. The number of hydrogen-bond donors (Lipinski definition) is 8. The molecule has 33 heteroatoms. The summed E-state index contributed by atoms with van der Waals surface area (Å²) in [6.45, 7) is 38.6. The average molecular weight is 1690 g/mol. The van der Waals surface area contributed by atoms with Crippen LogP contribution in [0.15, 0.2) is 136 Å². The number of aromatic amines is 1. The fourth-order valence-corrected chi connectivity index (χ4v) is 10.0. The molecule has 9 aromatic rings. The number of nitrogens with one attached hydrogen (secondary N) is 5. The number of hydroxylamine groups is 2. The summed E-state index contributed by atoms with van der Waals surface area (Å²) in [6, 6.07) is 28.7. The second-order valence-corrected chi connectivity index (χ2v) is 29.9. The number of anilines is 1. The summed E-state index contributed by atoms with van der Waals surface area (Å²) in [7, 11) is 0. The number of nitrogens with zero attached hydrogens (tertiary/aromatic N) is 2. The van der Waals surface area contributed by atoms with Crippen molar-refractivity contribution in [2.24, 2.45) is 5.92 Å². The van der Waals surface area contributed by atoms with Crippen molar-refractivity contribution in [1.82, 2.24) is 30.9 Å². The van der Waals surface area contributed by atoms with Gasteiger partial charge in [0.15, 0.2) is 5.75 Å². The summed E-state index contributed by atoms with van der Waals surface area (Å²) >= 11 is 0. The highest BCUT2D eigenvalue weighted by molar-refractivity contribution is 6.01. The van der Waals surface area contributed by atoms with Gasteiger partial charge in [0, 0.05) is 114 Å². The number of fused-ring (bicyclic) bond motifs is 4. The molecule has 8 N–H and O–H groups in total. The van der Waals surface area contributed by atoms with Gasteiger partial charge in [-0.2, -0.15) is 13.8 Å². The van der Waals surface area contributed by atoms with Crippen LogP contribution in [0.4, 0.5) is 32.4 Å². The van der Waals surface area contributed by atoms with E-state index in [0.717, 1.165) is 43.6 Å². The van der Waals surface area contributed by atoms with Crippen molar-refractivity contribution in [3.8, 4) is 17.2 Å². The van der Waals surface area contributed by atoms with Crippen molar-refractivity contribution in [3.05, 3.63) is 196 Å². The van der Waals surface area contributed by atoms with E-state index in [1.165, 1.54) is 38.1 Å². The molecule has 0 spiro atoms. The van der Waals surface area contributed by atoms with Crippen LogP contribution in [0.1, 0.15) is 186 Å². The number of aliphatic carboxylic acids is 1. The van der Waals surface area contributed by atoms with Crippen LogP contribution < -0.4 is 53.2 Å². The zero-order valence-electron chi connectivity index (χ0n) is 70.2. The van der Waals surface area contributed by atoms with Gasteiger partial charge in [-0.3, -0.25) is 43.3 Å². The second kappa shape index (κ2) is 50.2. The Balaban J connectivity index is 0.000000695. The number of alkyl carbamates (subject to hydrolysis) is 1. The van der Waals surface area contributed by atoms with E-state index in [2.05, 4.69) is 31.0 Å². The van der Waals surface area contributed by atoms with Crippen molar-refractivity contribution in [2.75, 3.05) is 25.0 Å². The van der Waals surface area contributed by atoms with Gasteiger partial charge in [-0.05, 0) is 197 Å². The van der Waals surface area contributed by atoms with E-state index in [-0.39, 0.29) is 135 Å². The molecule has 1 aliphatic rings. The molecule has 6 amide bonds. The van der Waals surface area contributed by atoms with Gasteiger partial charge in [0.25, 0.3) is 17.7 Å². The molecular formula is C87H116F5N7O21. The first kappa shape index (κ1) is 106. The highest BCUT2D eigenvalue weighted by Gasteiger charge is 2.31. The number of para-hydroxylation sites is 1. The maximum atomic E-state index is 12.9. The molecule has 0 radical (unpaired) electrons. The highest BCUT2D eigenvalue weighted by Crippen LogP contribution is 2.31. The third-order valence-corrected chi connectivity index (χ3v) is 15.0. The summed E-state index contributed by atoms with van der Waals surface area (Å²) in [6.07, 6.45) is -0.697. The van der Waals surface area contributed by atoms with Gasteiger partial charge in [0.05, 0.1) is 36.8 Å². The number of phenolic OH excluding ortho intramolecular Hbond substituents is 1. The molecule has 0 bridgehead atoms. The predicted octanol–water partition coefficient (Wildman–Crippen LogP) is 15.4. The van der Waals surface area contributed by atoms with Gasteiger partial charge in [-0.25, -0.2) is 32.3 Å². The molecule has 5 aromatic carbocycles. The zero-order chi connectivity index (χ0) is 89.5. The number of amides is 6. The average Bonchev–Trinajstić information content (AvgIpc) is 0.909. The molecule has 4 aromatic heterocycles. The van der Waals surface area contributed by atoms with Crippen LogP contribution in [0.3, 0.4) is 0 Å². The van der Waals surface area contributed by atoms with Crippen molar-refractivity contribution in [3.63, 3.8) is 0 Å². The number of aryl methyl sites for hydroxylation is 2. The van der Waals surface area contributed by atoms with Crippen molar-refractivity contribution in [2.45, 2.75) is 228 Å². The second-order valence-electron chi connectivity index (χ2n) is 29.9. The summed E-state index contributed by atoms with van der Waals surface area (Å²) in [4.78, 5) is 134. The van der Waals surface area contributed by atoms with E-state index >= 15 is 0 Å². The highest BCUT2D eigenvalue weighted by atomic mass is 19.2. The van der Waals surface area contributed by atoms with Crippen molar-refractivity contribution in [1.29, 1.82) is 0 Å². The van der Waals surface area contributed by atoms with E-state index in [9.17, 15) is 79.8 Å². The lowest BCUT2D eigenvalue weighted by atomic mass is 10.1. The summed E-state index contributed by atoms with van der Waals surface area (Å²) in [5, 5.41) is 41.2. The quantitative estimate of drug-likeness (QED) is 0.0123. The molecule has 0 unspecified atom stereocenters. The Kier molecular flexibility index (Phi) is 44.4. The standard InChI is InChI=1S/C14H16N2O2.C14H15NO4.C13H13NO3.C13H14O3.C12H24N2O4.C9H7F5O.C7H11NO3.C3H8O.2CH4/c1-8(2)14(18)15-10-4-5-11-9(3)6-13(17)16-12(11)7-10;1-8(2)15-13(17)5-9-6-14(18)19-12-7-10(16)3-4-11(9)12;1-8(2)14-12(15)10-7-9-5-3-4-6-11(9)17-13(10)16;1-8(2)15-10-4-5-11-9(3)6-13(14)16-12(11)7-10;1-9(2)14(8-10(15)16)7-6-13-11(17)18-12(3,4)5;1-3(2)15-9-7(13)5(11)4(10)6(12)8(9)14;1-5(2)11-8-6(9)3-4-7(8)10;1-3(2)4;;/h4-8H,1-3H3,(H,15,18)(H,16,17);3-4,6-8,16H,5H2,1-2H3,(H,15,17);3-8H,1-2H3,(H,14,15);4-8H,1-3H3;9H,6-8H2,1-5H3,(H,13,17)(H,15,16);3H,1-2H3;5H,3-4H2,1-2H3;3-4H,1-2H3;2*1H4. The Morgan fingerprint density at radius 1 is 0.600 bits per heavy atom. The third kappa shape index (κ3) is 37.0. The largest absolute Gasteiger partial charge is 0.508 e. The molecule has 5 heterocycles. The molecule has 660 valence electrons. The molecule has 10 rings (SSSR count). The molecular weight excluding hydrogens is 1570 g/mol. The minimum absolute atomic E-state index is 0. The smallest absolute Gasteiger partial charge is 0.407 e. The van der Waals surface area contributed by atoms with Crippen LogP contribution in [0.5, 0.6) is 17.2 Å². The minimum atomic E-state index is -2.19. The number of aliphatic hydroxyl groups excluding tert-OH is 1. The van der Waals surface area contributed by atoms with Crippen LogP contribution in [0.2, 0.25) is 0 Å². The van der Waals surface area contributed by atoms with Gasteiger partial charge in [0.1, 0.15) is 39.4 Å². The van der Waals surface area contributed by atoms with E-state index < -0.39 is 75.8 Å². The zero-order valence-corrected chi connectivity index (χ0v) is 70.2. The number of aromatic hydroxyl groups is 1. The molecule has 1 aliphatic heterocycles. The number of hydrogen-bond acceptors (Lipinski definition) is 21. The number of rotatable bonds is 19. The van der Waals surface area contributed by atoms with Gasteiger partial charge in [-0.15, -0.1) is 0 Å². The Morgan fingerprint density at radius 2 is 1.12 bits per heavy atom. The van der Waals surface area contributed by atoms with E-state index in [0.29, 0.717) is 40.9 Å². The number of ether oxygens (including phenoxy) is 3. The van der Waals surface area contributed by atoms with E-state index in [1.54, 1.807) is 102 Å². The number of halogens is 5. The lowest BCUT2D eigenvalue weighted by molar-refractivity contribution is -0.198. The number of carboxylic acids is 1. The van der Waals surface area contributed by atoms with Gasteiger partial charge >= 0.3 is 28.9 Å². The molecule has 0 atom stereocenters. The number of carbonyl (C=O) groups is 7. The monoisotopic (exact) mass is 1690 g/mol. The van der Waals surface area contributed by atoms with Gasteiger partial charge in [-0.1, -0.05) is 53.0 Å². The fraction of sp³-hybridized carbons (Fsp3) is 0.437. The lowest BCUT2D eigenvalue weighted by Crippen LogP contribution is -2.42. The lowest BCUT2D eigenvalue weighted by Gasteiger charge is -2.25. The minimum Gasteiger partial charge on any atom is -0.508 e. The van der Waals surface area contributed by atoms with Gasteiger partial charge in [0.2, 0.25) is 46.5 Å². The van der Waals surface area contributed by atoms with Crippen LogP contribution in [-0.2, 0) is 40.0 Å². The summed E-state index contributed by atoms with van der Waals surface area (Å²) in [5.41, 5.74) is 3.11. The number of phenols is 1. The number of aliphatic hydroxyl groups is 1. The van der Waals surface area contributed by atoms with Crippen molar-refractivity contribution >= 4 is 91.1 Å². The number of carbonyl (C=O) groups excluding carboxylic acids is 6. The van der Waals surface area contributed by atoms with E-state index in [1.807, 2.05) is 113 Å². The number of aromatic nitrogens is 1. The number of imide groups is 1. The van der Waals surface area contributed by atoms with Crippen LogP contribution in [0.25, 0.3) is 43.8 Å². The Morgan fingerprint density at radius 3 is 1.65 bits per heavy atom. The normalized spacial score (nSPS) is 11.5. The first-order valence-electron chi connectivity index (χ1n) is 37.7. The van der Waals surface area contributed by atoms with Crippen LogP contribution in [0, 0.1) is 48.9 Å². The first-order chi connectivity index (χ1) is 54.9. The van der Waals surface area contributed by atoms with Crippen molar-refractivity contribution < 1.29 is 103 Å². The Hall–Kier alpha value is -11.8. The summed E-state index contributed by atoms with van der Waals surface area (Å²) in [5.74, 6) is -12.7. The van der Waals surface area contributed by atoms with Crippen LogP contribution >= 0.6 is 0 Å². The maximum Gasteiger partial charge on any atom is 0.407 e. The SMILES string of the molecule is C.C.CC(C)N(CCNC(=O)OC(C)(C)C)CC(=O)O.CC(C)NC(=O)Cc1cc(=O)oc2cc(O)ccc12.CC(C)NC(=O)c1cc2ccccc2oc1=O.CC(C)O.CC(C)ON1C(=O)CCC1=O.CC(C)Oc1c(F)c(F)c(F)c(F)c1F.Cc1cc(=O)[nH]c2cc(NC(=O)C(C)C)ccc12.Cc1cc(=O)oc2cc(OC(C)C)ccc12. The summed E-state index contributed by atoms with van der Waals surface area (Å²) < 4.78 is 93.9. The number of carboxylic acid groups (broad SMARTS) is 1. The Bertz CT molecular complexity index is 5120. The third-order valence-electron chi connectivity index (χ3n) is 15.0. The van der Waals surface area contributed by atoms with Crippen LogP contribution in [-0.4, -0.2) is 140 Å². The fourth-order valence-electron chi connectivity index (χ4n) is 10.0. The topological polar surface area (TPSA) is 395 Å². The maximum absolute atomic E-state index is 12.9. The predicted molar refractivity (Wildman–Crippen MR) is 451 cm³/mol. The van der Waals surface area contributed by atoms with Gasteiger partial charge < -0.3 is 69.0 Å². The Labute approximate surface area is 694 Å². The molecule has 1 saturated heterocycles. The molecule has 28 nitrogen and oxygen atoms in total. The molecule has 1 fully saturated rings. The molecule has 0 aliphatic carbocycles. The van der Waals surface area contributed by atoms with E-state index in [4.69, 9.17) is 37.8 Å². The number of benzene rings is 5.